The van der Waals surface area contributed by atoms with E-state index in [9.17, 15) is 14.4 Å². The number of ether oxygens (including phenoxy) is 1. The van der Waals surface area contributed by atoms with Crippen LogP contribution in [-0.2, 0) is 21.7 Å². The molecular weight excluding hydrogens is 420 g/mol. The van der Waals surface area contributed by atoms with Gasteiger partial charge in [0.05, 0.1) is 11.9 Å². The number of nitrogens with zero attached hydrogens (tertiary/aromatic N) is 2. The molecule has 0 bridgehead atoms. The third kappa shape index (κ3) is 4.85. The number of carbonyl (C=O) groups excluding carboxylic acids is 3. The van der Waals surface area contributed by atoms with Crippen LogP contribution >= 0.6 is 0 Å². The molecule has 1 aromatic heterocycles. The highest BCUT2D eigenvalue weighted by Gasteiger charge is 2.49. The van der Waals surface area contributed by atoms with Crippen molar-refractivity contribution in [3.8, 4) is 5.88 Å². The molecule has 1 unspecified atom stereocenters. The van der Waals surface area contributed by atoms with Gasteiger partial charge in [-0.25, -0.2) is 9.78 Å². The molecule has 168 valence electrons. The van der Waals surface area contributed by atoms with E-state index in [-0.39, 0.29) is 0 Å². The van der Waals surface area contributed by atoms with E-state index in [1.54, 1.807) is 31.2 Å². The number of hydrogen-bond acceptors (Lipinski definition) is 5. The van der Waals surface area contributed by atoms with Gasteiger partial charge >= 0.3 is 6.03 Å². The van der Waals surface area contributed by atoms with Crippen LogP contribution in [0.3, 0.4) is 0 Å². The van der Waals surface area contributed by atoms with Crippen molar-refractivity contribution in [2.45, 2.75) is 26.0 Å². The molecule has 4 rings (SSSR count). The minimum Gasteiger partial charge on any atom is -0.473 e. The Bertz CT molecular complexity index is 1160. The van der Waals surface area contributed by atoms with Crippen molar-refractivity contribution >= 4 is 23.5 Å². The number of aryl methyl sites for hydroxylation is 1. The Labute approximate surface area is 191 Å². The van der Waals surface area contributed by atoms with Crippen molar-refractivity contribution in [3.63, 3.8) is 0 Å². The molecule has 8 nitrogen and oxygen atoms in total. The number of benzene rings is 2. The lowest BCUT2D eigenvalue weighted by molar-refractivity contribution is -0.133. The Morgan fingerprint density at radius 1 is 1.06 bits per heavy atom. The Morgan fingerprint density at radius 3 is 2.45 bits per heavy atom. The Kier molecular flexibility index (Phi) is 6.08. The van der Waals surface area contributed by atoms with Gasteiger partial charge in [0.2, 0.25) is 11.8 Å². The van der Waals surface area contributed by atoms with E-state index in [2.05, 4.69) is 15.6 Å². The molecular formula is C25H24N4O4. The lowest BCUT2D eigenvalue weighted by Crippen LogP contribution is -2.42. The van der Waals surface area contributed by atoms with Crippen LogP contribution in [0.4, 0.5) is 10.5 Å². The lowest BCUT2D eigenvalue weighted by Gasteiger charge is -2.22. The standard InChI is InChI=1S/C25H24N4O4/c1-17-8-10-19(11-9-17)25(2)23(31)29(24(32)28-25)15-21(30)27-20-12-13-22(26-14-20)33-16-18-6-4-3-5-7-18/h3-14H,15-16H2,1-2H3,(H,27,30)(H,28,32). The number of hydrogen-bond donors (Lipinski definition) is 2. The highest BCUT2D eigenvalue weighted by atomic mass is 16.5. The Morgan fingerprint density at radius 2 is 1.79 bits per heavy atom. The Hall–Kier alpha value is -4.20. The van der Waals surface area contributed by atoms with Gasteiger partial charge in [0.1, 0.15) is 18.7 Å². The molecule has 0 saturated carbocycles. The summed E-state index contributed by atoms with van der Waals surface area (Å²) in [6, 6.07) is 19.7. The van der Waals surface area contributed by atoms with Crippen LogP contribution in [0, 0.1) is 6.92 Å². The van der Waals surface area contributed by atoms with E-state index >= 15 is 0 Å². The van der Waals surface area contributed by atoms with Gasteiger partial charge in [0.25, 0.3) is 5.91 Å². The first kappa shape index (κ1) is 22.0. The van der Waals surface area contributed by atoms with E-state index in [1.165, 1.54) is 6.20 Å². The molecule has 0 spiro atoms. The molecule has 2 aromatic carbocycles. The number of aromatic nitrogens is 1. The topological polar surface area (TPSA) is 101 Å². The molecule has 1 aliphatic heterocycles. The molecule has 1 fully saturated rings. The number of carbonyl (C=O) groups is 3. The summed E-state index contributed by atoms with van der Waals surface area (Å²) in [5.41, 5.74) is 1.93. The van der Waals surface area contributed by atoms with Crippen LogP contribution in [0.1, 0.15) is 23.6 Å². The second-order valence-electron chi connectivity index (χ2n) is 8.02. The zero-order valence-electron chi connectivity index (χ0n) is 18.4. The van der Waals surface area contributed by atoms with Gasteiger partial charge in [0.15, 0.2) is 0 Å². The predicted molar refractivity (Wildman–Crippen MR) is 122 cm³/mol. The maximum atomic E-state index is 13.0. The summed E-state index contributed by atoms with van der Waals surface area (Å²) in [6.07, 6.45) is 1.46. The predicted octanol–water partition coefficient (Wildman–Crippen LogP) is 3.37. The fourth-order valence-corrected chi connectivity index (χ4v) is 3.54. The Balaban J connectivity index is 1.35. The first-order chi connectivity index (χ1) is 15.8. The molecule has 8 heteroatoms. The lowest BCUT2D eigenvalue weighted by atomic mass is 9.91. The molecule has 0 aliphatic carbocycles. The summed E-state index contributed by atoms with van der Waals surface area (Å²) < 4.78 is 5.63. The zero-order valence-corrected chi connectivity index (χ0v) is 18.4. The van der Waals surface area contributed by atoms with E-state index in [1.807, 2.05) is 49.4 Å². The van der Waals surface area contributed by atoms with Crippen molar-refractivity contribution in [1.29, 1.82) is 0 Å². The number of imide groups is 1. The highest BCUT2D eigenvalue weighted by molar-refractivity contribution is 6.10. The smallest absolute Gasteiger partial charge is 0.325 e. The van der Waals surface area contributed by atoms with Gasteiger partial charge in [-0.05, 0) is 31.0 Å². The zero-order chi connectivity index (χ0) is 23.4. The maximum absolute atomic E-state index is 13.0. The molecule has 33 heavy (non-hydrogen) atoms. The second kappa shape index (κ2) is 9.12. The molecule has 1 aliphatic rings. The summed E-state index contributed by atoms with van der Waals surface area (Å²) in [4.78, 5) is 43.0. The summed E-state index contributed by atoms with van der Waals surface area (Å²) >= 11 is 0. The van der Waals surface area contributed by atoms with Crippen LogP contribution in [0.2, 0.25) is 0 Å². The number of amides is 4. The maximum Gasteiger partial charge on any atom is 0.325 e. The van der Waals surface area contributed by atoms with Gasteiger partial charge in [-0.1, -0.05) is 60.2 Å². The average Bonchev–Trinajstić information content (AvgIpc) is 3.03. The van der Waals surface area contributed by atoms with Gasteiger partial charge in [-0.3, -0.25) is 14.5 Å². The van der Waals surface area contributed by atoms with Crippen LogP contribution in [0.5, 0.6) is 5.88 Å². The van der Waals surface area contributed by atoms with E-state index in [0.29, 0.717) is 23.7 Å². The number of anilines is 1. The summed E-state index contributed by atoms with van der Waals surface area (Å²) in [5.74, 6) is -0.569. The third-order valence-corrected chi connectivity index (χ3v) is 5.46. The number of rotatable bonds is 7. The molecule has 0 radical (unpaired) electrons. The number of urea groups is 1. The molecule has 3 aromatic rings. The molecule has 4 amide bonds. The normalized spacial score (nSPS) is 17.6. The van der Waals surface area contributed by atoms with E-state index in [4.69, 9.17) is 4.74 Å². The van der Waals surface area contributed by atoms with Crippen molar-refractivity contribution in [3.05, 3.63) is 89.6 Å². The molecule has 2 heterocycles. The monoisotopic (exact) mass is 444 g/mol. The van der Waals surface area contributed by atoms with Crippen molar-refractivity contribution in [2.75, 3.05) is 11.9 Å². The van der Waals surface area contributed by atoms with Crippen LogP contribution < -0.4 is 15.4 Å². The van der Waals surface area contributed by atoms with Crippen molar-refractivity contribution < 1.29 is 19.1 Å². The van der Waals surface area contributed by atoms with Crippen LogP contribution in [0.15, 0.2) is 72.9 Å². The molecule has 2 N–H and O–H groups in total. The first-order valence-corrected chi connectivity index (χ1v) is 10.5. The van der Waals surface area contributed by atoms with Gasteiger partial charge in [0, 0.05) is 6.07 Å². The number of nitrogens with one attached hydrogen (secondary N) is 2. The summed E-state index contributed by atoms with van der Waals surface area (Å²) in [7, 11) is 0. The van der Waals surface area contributed by atoms with Crippen LogP contribution in [-0.4, -0.2) is 34.3 Å². The molecule has 1 atom stereocenters. The van der Waals surface area contributed by atoms with Gasteiger partial charge in [-0.2, -0.15) is 0 Å². The number of pyridine rings is 1. The minimum atomic E-state index is -1.22. The fourth-order valence-electron chi connectivity index (χ4n) is 3.54. The fraction of sp³-hybridized carbons (Fsp3) is 0.200. The van der Waals surface area contributed by atoms with E-state index in [0.717, 1.165) is 16.0 Å². The van der Waals surface area contributed by atoms with Gasteiger partial charge < -0.3 is 15.4 Å². The van der Waals surface area contributed by atoms with Crippen molar-refractivity contribution in [1.82, 2.24) is 15.2 Å². The largest absolute Gasteiger partial charge is 0.473 e. The minimum absolute atomic E-state index is 0.380. The second-order valence-corrected chi connectivity index (χ2v) is 8.02. The van der Waals surface area contributed by atoms with E-state index < -0.39 is 29.9 Å². The quantitative estimate of drug-likeness (QED) is 0.544. The van der Waals surface area contributed by atoms with Crippen molar-refractivity contribution in [2.24, 2.45) is 0 Å². The SMILES string of the molecule is Cc1ccc(C2(C)NC(=O)N(CC(=O)Nc3ccc(OCc4ccccc4)nc3)C2=O)cc1. The van der Waals surface area contributed by atoms with Gasteiger partial charge in [-0.15, -0.1) is 0 Å². The summed E-state index contributed by atoms with van der Waals surface area (Å²) in [5, 5.41) is 5.35. The average molecular weight is 444 g/mol. The van der Waals surface area contributed by atoms with Crippen LogP contribution in [0.25, 0.3) is 0 Å². The first-order valence-electron chi connectivity index (χ1n) is 10.5. The highest BCUT2D eigenvalue weighted by Crippen LogP contribution is 2.29. The summed E-state index contributed by atoms with van der Waals surface area (Å²) in [6.45, 7) is 3.55. The molecule has 1 saturated heterocycles. The third-order valence-electron chi connectivity index (χ3n) is 5.46.